The molecule has 8 nitrogen and oxygen atoms in total. The number of carbonyl (C=O) groups excluding carboxylic acids is 1. The topological polar surface area (TPSA) is 112 Å². The molecule has 1 amide bonds. The van der Waals surface area contributed by atoms with Crippen LogP contribution in [0.3, 0.4) is 0 Å². The highest BCUT2D eigenvalue weighted by molar-refractivity contribution is 5.94. The Kier molecular flexibility index (Phi) is 6.16. The van der Waals surface area contributed by atoms with Gasteiger partial charge in [-0.05, 0) is 35.4 Å². The van der Waals surface area contributed by atoms with Crippen LogP contribution in [-0.2, 0) is 4.79 Å². The zero-order valence-corrected chi connectivity index (χ0v) is 17.8. The van der Waals surface area contributed by atoms with Gasteiger partial charge in [0.25, 0.3) is 5.91 Å². The van der Waals surface area contributed by atoms with Gasteiger partial charge in [-0.15, -0.1) is 0 Å². The molecular weight excluding hydrogens is 408 g/mol. The number of amides is 1. The summed E-state index contributed by atoms with van der Waals surface area (Å²) in [5, 5.41) is 27.8. The van der Waals surface area contributed by atoms with Crippen LogP contribution in [0.5, 0.6) is 5.75 Å². The molecule has 32 heavy (non-hydrogen) atoms. The summed E-state index contributed by atoms with van der Waals surface area (Å²) in [6, 6.07) is 16.8. The lowest BCUT2D eigenvalue weighted by atomic mass is 9.99. The van der Waals surface area contributed by atoms with Crippen LogP contribution in [0.4, 0.5) is 0 Å². The highest BCUT2D eigenvalue weighted by atomic mass is 16.5. The van der Waals surface area contributed by atoms with Crippen LogP contribution in [0, 0.1) is 0 Å². The molecule has 1 unspecified atom stereocenters. The first-order valence-electron chi connectivity index (χ1n) is 10.1. The Morgan fingerprint density at radius 3 is 2.75 bits per heavy atom. The summed E-state index contributed by atoms with van der Waals surface area (Å²) >= 11 is 0. The van der Waals surface area contributed by atoms with Gasteiger partial charge in [-0.2, -0.15) is 5.10 Å². The van der Waals surface area contributed by atoms with E-state index in [4.69, 9.17) is 9.84 Å². The number of aromatic nitrogens is 3. The van der Waals surface area contributed by atoms with Gasteiger partial charge in [0, 0.05) is 36.3 Å². The van der Waals surface area contributed by atoms with E-state index in [0.29, 0.717) is 11.2 Å². The fourth-order valence-corrected chi connectivity index (χ4v) is 3.61. The number of benzene rings is 2. The van der Waals surface area contributed by atoms with Gasteiger partial charge in [0.1, 0.15) is 5.75 Å². The molecule has 0 aliphatic heterocycles. The lowest BCUT2D eigenvalue weighted by molar-refractivity contribution is -0.139. The zero-order valence-electron chi connectivity index (χ0n) is 17.8. The molecule has 2 heterocycles. The standard InChI is InChI=1S/C24H24N4O4/c1-28(10-11-29)24(31)22(30)16-7-5-6-15(12-16)17-13-19-21(26-27-23(19)25-14-17)18-8-3-4-9-20(18)32-2/h3-9,12-14,22,29-30H,10-11H2,1-2H3,(H,25,26,27). The average Bonchev–Trinajstić information content (AvgIpc) is 3.26. The quantitative estimate of drug-likeness (QED) is 0.414. The predicted molar refractivity (Wildman–Crippen MR) is 121 cm³/mol. The molecule has 2 aromatic carbocycles. The van der Waals surface area contributed by atoms with Crippen LogP contribution in [0.25, 0.3) is 33.4 Å². The van der Waals surface area contributed by atoms with Crippen LogP contribution in [-0.4, -0.2) is 63.5 Å². The highest BCUT2D eigenvalue weighted by Gasteiger charge is 2.21. The number of hydrogen-bond donors (Lipinski definition) is 3. The molecule has 4 aromatic rings. The van der Waals surface area contributed by atoms with Gasteiger partial charge < -0.3 is 19.8 Å². The summed E-state index contributed by atoms with van der Waals surface area (Å²) in [6.07, 6.45) is 0.390. The number of H-pyrrole nitrogens is 1. The van der Waals surface area contributed by atoms with Gasteiger partial charge in [-0.3, -0.25) is 9.89 Å². The number of aliphatic hydroxyl groups is 2. The highest BCUT2D eigenvalue weighted by Crippen LogP contribution is 2.34. The zero-order chi connectivity index (χ0) is 22.7. The number of nitrogens with one attached hydrogen (secondary N) is 1. The maximum Gasteiger partial charge on any atom is 0.255 e. The summed E-state index contributed by atoms with van der Waals surface area (Å²) in [6.45, 7) is -0.0116. The summed E-state index contributed by atoms with van der Waals surface area (Å²) in [5.74, 6) is 0.247. The first kappa shape index (κ1) is 21.5. The van der Waals surface area contributed by atoms with Crippen molar-refractivity contribution in [3.63, 3.8) is 0 Å². The maximum absolute atomic E-state index is 12.4. The van der Waals surface area contributed by atoms with E-state index < -0.39 is 12.0 Å². The van der Waals surface area contributed by atoms with Crippen LogP contribution in [0.15, 0.2) is 60.8 Å². The second-order valence-corrected chi connectivity index (χ2v) is 7.41. The molecule has 1 atom stereocenters. The van der Waals surface area contributed by atoms with Crippen molar-refractivity contribution in [1.82, 2.24) is 20.1 Å². The molecule has 0 fully saturated rings. The van der Waals surface area contributed by atoms with Crippen LogP contribution in [0.1, 0.15) is 11.7 Å². The van der Waals surface area contributed by atoms with E-state index in [1.54, 1.807) is 38.6 Å². The van der Waals surface area contributed by atoms with Crippen molar-refractivity contribution in [2.45, 2.75) is 6.10 Å². The molecule has 0 saturated carbocycles. The van der Waals surface area contributed by atoms with Crippen LogP contribution in [0.2, 0.25) is 0 Å². The lowest BCUT2D eigenvalue weighted by Gasteiger charge is -2.20. The number of methoxy groups -OCH3 is 1. The van der Waals surface area contributed by atoms with Gasteiger partial charge in [-0.25, -0.2) is 4.98 Å². The first-order chi connectivity index (χ1) is 15.5. The number of likely N-dealkylation sites (N-methyl/N-ethyl adjacent to an activating group) is 1. The Balaban J connectivity index is 1.72. The second kappa shape index (κ2) is 9.17. The maximum atomic E-state index is 12.4. The average molecular weight is 432 g/mol. The molecule has 0 radical (unpaired) electrons. The van der Waals surface area contributed by atoms with Crippen LogP contribution >= 0.6 is 0 Å². The smallest absolute Gasteiger partial charge is 0.255 e. The third kappa shape index (κ3) is 4.05. The van der Waals surface area contributed by atoms with Crippen molar-refractivity contribution >= 4 is 16.9 Å². The van der Waals surface area contributed by atoms with E-state index in [-0.39, 0.29) is 13.2 Å². The number of aromatic amines is 1. The molecular formula is C24H24N4O4. The summed E-state index contributed by atoms with van der Waals surface area (Å²) in [7, 11) is 3.17. The van der Waals surface area contributed by atoms with Crippen molar-refractivity contribution in [1.29, 1.82) is 0 Å². The number of fused-ring (bicyclic) bond motifs is 1. The Bertz CT molecular complexity index is 1250. The Hall–Kier alpha value is -3.75. The molecule has 3 N–H and O–H groups in total. The fraction of sp³-hybridized carbons (Fsp3) is 0.208. The molecule has 0 aliphatic carbocycles. The molecule has 8 heteroatoms. The van der Waals surface area contributed by atoms with E-state index in [0.717, 1.165) is 33.5 Å². The number of pyridine rings is 1. The first-order valence-corrected chi connectivity index (χ1v) is 10.1. The molecule has 2 aromatic heterocycles. The number of nitrogens with zero attached hydrogens (tertiary/aromatic N) is 3. The van der Waals surface area contributed by atoms with E-state index in [9.17, 15) is 9.90 Å². The SMILES string of the molecule is COc1ccccc1-c1[nH]nc2ncc(-c3cccc(C(O)C(=O)N(C)CCO)c3)cc12. The van der Waals surface area contributed by atoms with Crippen molar-refractivity contribution in [3.05, 3.63) is 66.4 Å². The predicted octanol–water partition coefficient (Wildman–Crippen LogP) is 2.78. The summed E-state index contributed by atoms with van der Waals surface area (Å²) < 4.78 is 5.49. The van der Waals surface area contributed by atoms with Gasteiger partial charge in [-0.1, -0.05) is 30.3 Å². The summed E-state index contributed by atoms with van der Waals surface area (Å²) in [5.41, 5.74) is 4.34. The van der Waals surface area contributed by atoms with E-state index >= 15 is 0 Å². The van der Waals surface area contributed by atoms with E-state index in [1.165, 1.54) is 4.90 Å². The second-order valence-electron chi connectivity index (χ2n) is 7.41. The van der Waals surface area contributed by atoms with Gasteiger partial charge in [0.2, 0.25) is 0 Å². The lowest BCUT2D eigenvalue weighted by Crippen LogP contribution is -2.33. The largest absolute Gasteiger partial charge is 0.496 e. The number of carbonyl (C=O) groups is 1. The number of aliphatic hydroxyl groups excluding tert-OH is 2. The third-order valence-electron chi connectivity index (χ3n) is 5.37. The van der Waals surface area contributed by atoms with Crippen molar-refractivity contribution in [2.75, 3.05) is 27.3 Å². The minimum absolute atomic E-state index is 0.155. The fourth-order valence-electron chi connectivity index (χ4n) is 3.61. The normalized spacial score (nSPS) is 12.0. The minimum Gasteiger partial charge on any atom is -0.496 e. The van der Waals surface area contributed by atoms with E-state index in [1.807, 2.05) is 36.4 Å². The van der Waals surface area contributed by atoms with Gasteiger partial charge in [0.15, 0.2) is 11.8 Å². The Morgan fingerprint density at radius 1 is 1.16 bits per heavy atom. The Labute approximate surface area is 185 Å². The van der Waals surface area contributed by atoms with Gasteiger partial charge >= 0.3 is 0 Å². The van der Waals surface area contributed by atoms with Gasteiger partial charge in [0.05, 0.1) is 19.4 Å². The van der Waals surface area contributed by atoms with Crippen molar-refractivity contribution in [2.24, 2.45) is 0 Å². The van der Waals surface area contributed by atoms with Crippen molar-refractivity contribution < 1.29 is 19.7 Å². The molecule has 0 saturated heterocycles. The molecule has 4 rings (SSSR count). The van der Waals surface area contributed by atoms with Crippen molar-refractivity contribution in [3.8, 4) is 28.1 Å². The number of rotatable bonds is 7. The monoisotopic (exact) mass is 432 g/mol. The third-order valence-corrected chi connectivity index (χ3v) is 5.37. The number of hydrogen-bond acceptors (Lipinski definition) is 6. The molecule has 0 spiro atoms. The van der Waals surface area contributed by atoms with Crippen LogP contribution < -0.4 is 4.74 Å². The molecule has 164 valence electrons. The van der Waals surface area contributed by atoms with E-state index in [2.05, 4.69) is 15.2 Å². The Morgan fingerprint density at radius 2 is 1.97 bits per heavy atom. The summed E-state index contributed by atoms with van der Waals surface area (Å²) in [4.78, 5) is 18.2. The molecule has 0 bridgehead atoms. The molecule has 0 aliphatic rings. The number of ether oxygens (including phenoxy) is 1. The number of para-hydroxylation sites is 1. The minimum atomic E-state index is -1.32.